The number of Topliss-reactive ketones (excluding diaryl/α,β-unsaturated/α-hetero) is 1. The number of aromatic nitrogens is 1. The molecule has 0 aliphatic heterocycles. The normalized spacial score (nSPS) is 10.2. The third-order valence-electron chi connectivity index (χ3n) is 3.03. The molecule has 0 aliphatic rings. The number of pyridine rings is 1. The Hall–Kier alpha value is -2.16. The Bertz CT molecular complexity index is 550. The van der Waals surface area contributed by atoms with E-state index in [0.717, 1.165) is 12.1 Å². The highest BCUT2D eigenvalue weighted by Crippen LogP contribution is 2.13. The Kier molecular flexibility index (Phi) is 4.29. The summed E-state index contributed by atoms with van der Waals surface area (Å²) in [7, 11) is 3.90. The molecule has 2 rings (SSSR count). The van der Waals surface area contributed by atoms with Crippen LogP contribution in [0.3, 0.4) is 0 Å². The minimum absolute atomic E-state index is 0.0903. The summed E-state index contributed by atoms with van der Waals surface area (Å²) in [5.74, 6) is 0.0903. The van der Waals surface area contributed by atoms with Crippen molar-refractivity contribution in [1.82, 2.24) is 4.98 Å². The van der Waals surface area contributed by atoms with Crippen LogP contribution in [0.1, 0.15) is 22.5 Å². The van der Waals surface area contributed by atoms with E-state index in [1.807, 2.05) is 61.5 Å². The summed E-state index contributed by atoms with van der Waals surface area (Å²) < 4.78 is 0. The average Bonchev–Trinajstić information content (AvgIpc) is 2.46. The first-order valence-corrected chi connectivity index (χ1v) is 6.37. The number of benzene rings is 1. The smallest absolute Gasteiger partial charge is 0.181 e. The Morgan fingerprint density at radius 3 is 2.58 bits per heavy atom. The molecule has 0 fully saturated rings. The molecule has 0 aliphatic carbocycles. The van der Waals surface area contributed by atoms with Crippen LogP contribution in [0, 0.1) is 0 Å². The zero-order valence-electron chi connectivity index (χ0n) is 11.3. The monoisotopic (exact) mass is 254 g/mol. The van der Waals surface area contributed by atoms with Gasteiger partial charge in [0.1, 0.15) is 5.69 Å². The first-order chi connectivity index (χ1) is 9.16. The van der Waals surface area contributed by atoms with Crippen molar-refractivity contribution in [3.8, 4) is 0 Å². The molecule has 0 saturated carbocycles. The van der Waals surface area contributed by atoms with E-state index in [2.05, 4.69) is 4.98 Å². The molecule has 98 valence electrons. The summed E-state index contributed by atoms with van der Waals surface area (Å²) in [6, 6.07) is 13.8. The molecule has 0 radical (unpaired) electrons. The van der Waals surface area contributed by atoms with Gasteiger partial charge in [-0.25, -0.2) is 0 Å². The minimum Gasteiger partial charge on any atom is -0.378 e. The molecule has 1 aromatic heterocycles. The molecule has 1 heterocycles. The lowest BCUT2D eigenvalue weighted by atomic mass is 10.1. The van der Waals surface area contributed by atoms with Crippen molar-refractivity contribution in [2.24, 2.45) is 0 Å². The van der Waals surface area contributed by atoms with Gasteiger partial charge >= 0.3 is 0 Å². The molecular formula is C16H18N2O. The van der Waals surface area contributed by atoms with Crippen molar-refractivity contribution in [3.05, 3.63) is 59.9 Å². The van der Waals surface area contributed by atoms with Crippen molar-refractivity contribution < 1.29 is 4.79 Å². The van der Waals surface area contributed by atoms with Crippen LogP contribution in [0.2, 0.25) is 0 Å². The lowest BCUT2D eigenvalue weighted by Gasteiger charge is -2.12. The number of carbonyl (C=O) groups is 1. The number of carbonyl (C=O) groups excluding carboxylic acids is 1. The van der Waals surface area contributed by atoms with Crippen LogP contribution in [0.25, 0.3) is 0 Å². The SMILES string of the molecule is CN(C)c1ccnc(C(=O)CCc2ccccc2)c1. The number of aryl methyl sites for hydroxylation is 1. The quantitative estimate of drug-likeness (QED) is 0.769. The van der Waals surface area contributed by atoms with Gasteiger partial charge in [0.2, 0.25) is 0 Å². The first kappa shape index (κ1) is 13.3. The Morgan fingerprint density at radius 1 is 1.16 bits per heavy atom. The molecule has 3 heteroatoms. The first-order valence-electron chi connectivity index (χ1n) is 6.37. The topological polar surface area (TPSA) is 33.2 Å². The van der Waals surface area contributed by atoms with Gasteiger partial charge in [0.25, 0.3) is 0 Å². The zero-order chi connectivity index (χ0) is 13.7. The maximum absolute atomic E-state index is 12.1. The summed E-state index contributed by atoms with van der Waals surface area (Å²) in [5.41, 5.74) is 2.72. The summed E-state index contributed by atoms with van der Waals surface area (Å²) in [6.45, 7) is 0. The number of nitrogens with zero attached hydrogens (tertiary/aromatic N) is 2. The second-order valence-electron chi connectivity index (χ2n) is 4.70. The molecule has 0 bridgehead atoms. The fourth-order valence-electron chi connectivity index (χ4n) is 1.88. The van der Waals surface area contributed by atoms with Gasteiger partial charge in [0.15, 0.2) is 5.78 Å². The van der Waals surface area contributed by atoms with Gasteiger partial charge in [0.05, 0.1) is 0 Å². The highest BCUT2D eigenvalue weighted by Gasteiger charge is 2.09. The lowest BCUT2D eigenvalue weighted by molar-refractivity contribution is 0.0978. The van der Waals surface area contributed by atoms with Crippen LogP contribution in [0.15, 0.2) is 48.7 Å². The van der Waals surface area contributed by atoms with Crippen molar-refractivity contribution in [2.75, 3.05) is 19.0 Å². The molecule has 0 spiro atoms. The van der Waals surface area contributed by atoms with Crippen LogP contribution in [0.5, 0.6) is 0 Å². The molecule has 0 unspecified atom stereocenters. The fraction of sp³-hybridized carbons (Fsp3) is 0.250. The predicted octanol–water partition coefficient (Wildman–Crippen LogP) is 2.96. The second-order valence-corrected chi connectivity index (χ2v) is 4.70. The van der Waals surface area contributed by atoms with Gasteiger partial charge in [-0.15, -0.1) is 0 Å². The molecule has 1 aromatic carbocycles. The van der Waals surface area contributed by atoms with Crippen LogP contribution >= 0.6 is 0 Å². The van der Waals surface area contributed by atoms with Crippen LogP contribution in [0.4, 0.5) is 5.69 Å². The van der Waals surface area contributed by atoms with Crippen LogP contribution < -0.4 is 4.90 Å². The van der Waals surface area contributed by atoms with E-state index in [1.165, 1.54) is 5.56 Å². The zero-order valence-corrected chi connectivity index (χ0v) is 11.3. The molecule has 0 amide bonds. The molecule has 0 atom stereocenters. The van der Waals surface area contributed by atoms with Crippen molar-refractivity contribution in [2.45, 2.75) is 12.8 Å². The minimum atomic E-state index is 0.0903. The van der Waals surface area contributed by atoms with Gasteiger partial charge in [-0.3, -0.25) is 9.78 Å². The number of anilines is 1. The number of hydrogen-bond donors (Lipinski definition) is 0. The third-order valence-corrected chi connectivity index (χ3v) is 3.03. The number of ketones is 1. The van der Waals surface area contributed by atoms with Crippen molar-refractivity contribution in [3.63, 3.8) is 0 Å². The van der Waals surface area contributed by atoms with E-state index in [1.54, 1.807) is 6.20 Å². The van der Waals surface area contributed by atoms with Gasteiger partial charge in [0, 0.05) is 32.4 Å². The van der Waals surface area contributed by atoms with Gasteiger partial charge < -0.3 is 4.90 Å². The molecule has 2 aromatic rings. The highest BCUT2D eigenvalue weighted by atomic mass is 16.1. The molecule has 19 heavy (non-hydrogen) atoms. The van der Waals surface area contributed by atoms with E-state index in [4.69, 9.17) is 0 Å². The average molecular weight is 254 g/mol. The maximum atomic E-state index is 12.1. The Morgan fingerprint density at radius 2 is 1.89 bits per heavy atom. The van der Waals surface area contributed by atoms with E-state index in [-0.39, 0.29) is 5.78 Å². The fourth-order valence-corrected chi connectivity index (χ4v) is 1.88. The Balaban J connectivity index is 2.02. The van der Waals surface area contributed by atoms with Gasteiger partial charge in [-0.2, -0.15) is 0 Å². The molecule has 3 nitrogen and oxygen atoms in total. The Labute approximate surface area is 113 Å². The third kappa shape index (κ3) is 3.65. The van der Waals surface area contributed by atoms with Gasteiger partial charge in [-0.05, 0) is 24.1 Å². The van der Waals surface area contributed by atoms with E-state index >= 15 is 0 Å². The van der Waals surface area contributed by atoms with Crippen LogP contribution in [-0.2, 0) is 6.42 Å². The largest absolute Gasteiger partial charge is 0.378 e. The lowest BCUT2D eigenvalue weighted by Crippen LogP contribution is -2.11. The van der Waals surface area contributed by atoms with E-state index < -0.39 is 0 Å². The molecule has 0 saturated heterocycles. The summed E-state index contributed by atoms with van der Waals surface area (Å²) >= 11 is 0. The van der Waals surface area contributed by atoms with E-state index in [0.29, 0.717) is 12.1 Å². The van der Waals surface area contributed by atoms with Gasteiger partial charge in [-0.1, -0.05) is 30.3 Å². The highest BCUT2D eigenvalue weighted by molar-refractivity contribution is 5.95. The number of hydrogen-bond acceptors (Lipinski definition) is 3. The van der Waals surface area contributed by atoms with Crippen molar-refractivity contribution in [1.29, 1.82) is 0 Å². The van der Waals surface area contributed by atoms with E-state index in [9.17, 15) is 4.79 Å². The standard InChI is InChI=1S/C16H18N2O/c1-18(2)14-10-11-17-15(12-14)16(19)9-8-13-6-4-3-5-7-13/h3-7,10-12H,8-9H2,1-2H3. The molecular weight excluding hydrogens is 236 g/mol. The van der Waals surface area contributed by atoms with Crippen molar-refractivity contribution >= 4 is 11.5 Å². The van der Waals surface area contributed by atoms with Crippen LogP contribution in [-0.4, -0.2) is 24.9 Å². The predicted molar refractivity (Wildman–Crippen MR) is 77.7 cm³/mol. The summed E-state index contributed by atoms with van der Waals surface area (Å²) in [6.07, 6.45) is 2.94. The number of rotatable bonds is 5. The molecule has 0 N–H and O–H groups in total. The summed E-state index contributed by atoms with van der Waals surface area (Å²) in [5, 5.41) is 0. The summed E-state index contributed by atoms with van der Waals surface area (Å²) in [4.78, 5) is 18.2. The maximum Gasteiger partial charge on any atom is 0.181 e. The second kappa shape index (κ2) is 6.14.